The van der Waals surface area contributed by atoms with Crippen LogP contribution in [-0.2, 0) is 39.9 Å². The van der Waals surface area contributed by atoms with Crippen molar-refractivity contribution in [3.63, 3.8) is 0 Å². The van der Waals surface area contributed by atoms with E-state index in [-0.39, 0.29) is 97.2 Å². The largest absolute Gasteiger partial charge is 0.465 e. The quantitative estimate of drug-likeness (QED) is 0.0293. The number of hydrogen-bond acceptors (Lipinski definition) is 15. The number of esters is 1. The van der Waals surface area contributed by atoms with Gasteiger partial charge in [0.2, 0.25) is 5.91 Å². The molecule has 0 aliphatic carbocycles. The van der Waals surface area contributed by atoms with Crippen LogP contribution in [-0.4, -0.2) is 126 Å². The van der Waals surface area contributed by atoms with Crippen molar-refractivity contribution >= 4 is 77.1 Å². The van der Waals surface area contributed by atoms with Crippen molar-refractivity contribution in [3.8, 4) is 0 Å². The van der Waals surface area contributed by atoms with Crippen LogP contribution >= 0.6 is 42.0 Å². The number of piperidine rings is 1. The number of benzene rings is 1. The lowest BCUT2D eigenvalue weighted by Crippen LogP contribution is -2.48. The Kier molecular flexibility index (Phi) is 27.9. The summed E-state index contributed by atoms with van der Waals surface area (Å²) < 4.78 is 15.7. The molecule has 3 rings (SSSR count). The van der Waals surface area contributed by atoms with Crippen molar-refractivity contribution in [2.75, 3.05) is 51.9 Å². The predicted molar refractivity (Wildman–Crippen MR) is 278 cm³/mol. The molecular weight excluding hydrogens is 940 g/mol. The number of hydrogen-bond donors (Lipinski definition) is 2. The summed E-state index contributed by atoms with van der Waals surface area (Å²) in [5.74, 6) is -0.637. The lowest BCUT2D eigenvalue weighted by molar-refractivity contribution is -0.147. The molecule has 1 unspecified atom stereocenters. The zero-order valence-corrected chi connectivity index (χ0v) is 45.2. The van der Waals surface area contributed by atoms with Crippen LogP contribution in [0.2, 0.25) is 0 Å². The number of amides is 2. The Bertz CT molecular complexity index is 1890. The summed E-state index contributed by atoms with van der Waals surface area (Å²) in [6.07, 6.45) is 6.55. The van der Waals surface area contributed by atoms with Gasteiger partial charge in [0.1, 0.15) is 35.7 Å². The molecule has 68 heavy (non-hydrogen) atoms. The Morgan fingerprint density at radius 1 is 1.03 bits per heavy atom. The lowest BCUT2D eigenvalue weighted by Gasteiger charge is -2.38. The van der Waals surface area contributed by atoms with Gasteiger partial charge in [-0.3, -0.25) is 38.4 Å². The minimum absolute atomic E-state index is 0.0224. The molecule has 3 N–H and O–H groups in total. The van der Waals surface area contributed by atoms with Gasteiger partial charge in [0.15, 0.2) is 11.6 Å². The van der Waals surface area contributed by atoms with Crippen LogP contribution in [0, 0.1) is 23.7 Å². The van der Waals surface area contributed by atoms with Crippen LogP contribution in [0.25, 0.3) is 0 Å². The molecule has 1 aromatic heterocycles. The van der Waals surface area contributed by atoms with Gasteiger partial charge in [-0.1, -0.05) is 106 Å². The van der Waals surface area contributed by atoms with Gasteiger partial charge in [-0.05, 0) is 78.5 Å². The van der Waals surface area contributed by atoms with E-state index < -0.39 is 30.0 Å². The van der Waals surface area contributed by atoms with Crippen molar-refractivity contribution in [1.82, 2.24) is 20.1 Å². The molecule has 1 saturated heterocycles. The van der Waals surface area contributed by atoms with E-state index in [0.29, 0.717) is 48.8 Å². The number of carbonyl (C=O) groups excluding carboxylic acids is 6. The van der Waals surface area contributed by atoms with Gasteiger partial charge in [0.25, 0.3) is 5.91 Å². The summed E-state index contributed by atoms with van der Waals surface area (Å²) in [6.45, 7) is 13.8. The fourth-order valence-corrected chi connectivity index (χ4v) is 11.5. The van der Waals surface area contributed by atoms with E-state index in [1.54, 1.807) is 12.3 Å². The molecule has 1 aromatic carbocycles. The zero-order chi connectivity index (χ0) is 50.2. The first kappa shape index (κ1) is 59.3. The maximum Gasteiger partial charge on any atom is 0.308 e. The van der Waals surface area contributed by atoms with E-state index in [1.807, 2.05) is 56.3 Å². The van der Waals surface area contributed by atoms with Crippen molar-refractivity contribution in [2.24, 2.45) is 34.2 Å². The molecule has 1 aliphatic heterocycles. The van der Waals surface area contributed by atoms with Crippen molar-refractivity contribution in [3.05, 3.63) is 52.0 Å². The summed E-state index contributed by atoms with van der Waals surface area (Å²) in [6, 6.07) is 8.39. The first-order valence-electron chi connectivity index (χ1n) is 24.5. The molecule has 0 spiro atoms. The maximum atomic E-state index is 14.4. The fraction of sp³-hybridized carbons (Fsp3) is 0.700. The number of thiazole rings is 1. The minimum Gasteiger partial charge on any atom is -0.465 e. The van der Waals surface area contributed by atoms with Gasteiger partial charge >= 0.3 is 5.97 Å². The molecule has 18 heteroatoms. The van der Waals surface area contributed by atoms with Crippen molar-refractivity contribution < 1.29 is 38.2 Å². The molecular formula is C50H79N6O8PS3. The van der Waals surface area contributed by atoms with Crippen LogP contribution in [0.5, 0.6) is 0 Å². The number of likely N-dealkylation sites (tertiary alicyclic amines) is 1. The van der Waals surface area contributed by atoms with E-state index in [9.17, 15) is 28.8 Å². The van der Waals surface area contributed by atoms with Gasteiger partial charge in [-0.15, -0.1) is 11.3 Å². The number of nitrogens with zero attached hydrogens (tertiary/aromatic N) is 4. The van der Waals surface area contributed by atoms with Gasteiger partial charge in [0.05, 0.1) is 18.0 Å². The fourth-order valence-electron chi connectivity index (χ4n) is 8.49. The van der Waals surface area contributed by atoms with Crippen LogP contribution in [0.4, 0.5) is 0 Å². The number of Topliss-reactive ketones (excluding diaryl/α,β-unsaturated/α-hetero) is 3. The summed E-state index contributed by atoms with van der Waals surface area (Å²) in [5.41, 5.74) is 7.32. The Morgan fingerprint density at radius 2 is 1.76 bits per heavy atom. The van der Waals surface area contributed by atoms with Crippen LogP contribution in [0.1, 0.15) is 139 Å². The van der Waals surface area contributed by atoms with E-state index in [1.165, 1.54) is 32.9 Å². The second-order valence-corrected chi connectivity index (χ2v) is 22.5. The second kappa shape index (κ2) is 32.0. The Hall–Kier alpha value is -3.05. The normalized spacial score (nSPS) is 17.3. The van der Waals surface area contributed by atoms with Gasteiger partial charge < -0.3 is 25.4 Å². The smallest absolute Gasteiger partial charge is 0.308 e. The Morgan fingerprint density at radius 3 is 2.43 bits per heavy atom. The number of likely N-dealkylation sites (N-methyl/N-ethyl adjacent to an activating group) is 1. The van der Waals surface area contributed by atoms with Gasteiger partial charge in [0, 0.05) is 74.2 Å². The molecule has 2 aromatic rings. The first-order valence-corrected chi connectivity index (χ1v) is 28.3. The molecule has 380 valence electrons. The SMILES string of the molecule is CCCO[C@H](C[C@H](C(C)C)N(C)C(=O)[C@@H](CC(=O)[C@H]1CCCCN1C)C(C)CC)c1nc(C(=O)N[C@@H](Cc2ccccc2)C[C@H](C)C(=O)OCCSSC[C@@H](N)C(=O)CCCC(=O)CN=P)cs1. The molecule has 0 saturated carbocycles. The monoisotopic (exact) mass is 1020 g/mol. The summed E-state index contributed by atoms with van der Waals surface area (Å²) in [4.78, 5) is 88.1. The number of ketones is 3. The molecule has 1 fully saturated rings. The highest BCUT2D eigenvalue weighted by Crippen LogP contribution is 2.33. The van der Waals surface area contributed by atoms with E-state index >= 15 is 0 Å². The molecule has 14 nitrogen and oxygen atoms in total. The van der Waals surface area contributed by atoms with Crippen LogP contribution < -0.4 is 11.1 Å². The second-order valence-electron chi connectivity index (χ2n) is 18.6. The van der Waals surface area contributed by atoms with Crippen molar-refractivity contribution in [1.29, 1.82) is 0 Å². The Balaban J connectivity index is 1.64. The average molecular weight is 1020 g/mol. The number of ether oxygens (including phenoxy) is 2. The van der Waals surface area contributed by atoms with Gasteiger partial charge in [-0.25, -0.2) is 4.98 Å². The van der Waals surface area contributed by atoms with Crippen LogP contribution in [0.15, 0.2) is 40.5 Å². The number of carbonyl (C=O) groups is 6. The third-order valence-electron chi connectivity index (χ3n) is 12.8. The number of nitrogens with two attached hydrogens (primary N) is 1. The third-order valence-corrected chi connectivity index (χ3v) is 16.3. The summed E-state index contributed by atoms with van der Waals surface area (Å²) in [5, 5.41) is 5.54. The summed E-state index contributed by atoms with van der Waals surface area (Å²) >= 11 is 1.36. The molecule has 2 heterocycles. The highest BCUT2D eigenvalue weighted by Gasteiger charge is 2.37. The van der Waals surface area contributed by atoms with Crippen LogP contribution in [0.3, 0.4) is 0 Å². The highest BCUT2D eigenvalue weighted by molar-refractivity contribution is 8.76. The van der Waals surface area contributed by atoms with Crippen molar-refractivity contribution in [2.45, 2.75) is 149 Å². The molecule has 0 radical (unpaired) electrons. The zero-order valence-electron chi connectivity index (χ0n) is 41.7. The van der Waals surface area contributed by atoms with E-state index in [0.717, 1.165) is 44.2 Å². The number of nitrogens with one attached hydrogen (secondary N) is 1. The standard InChI is InChI=1S/C50H79N6O8PS3/c1-9-23-63-46(29-43(33(3)4)56(8)49(61)39(34(5)10-2)28-45(59)42-20-14-15-22-55(42)7)48-54-41(32-66-48)47(60)53-37(27-36-17-12-11-13-18-36)26-35(6)50(62)64-24-25-67-68-31-40(51)44(58)21-16-19-38(57)30-52-65/h11-13,17-18,32-35,37,39-40,42-43,46,65H,9-10,14-16,19-31,51H2,1-8H3,(H,53,60)/t34?,35-,37+,39-,40+,42+,43+,46+/m0/s1. The summed E-state index contributed by atoms with van der Waals surface area (Å²) in [7, 11) is 9.69. The average Bonchev–Trinajstić information content (AvgIpc) is 3.82. The highest BCUT2D eigenvalue weighted by atomic mass is 33.1. The first-order chi connectivity index (χ1) is 32.5. The topological polar surface area (TPSA) is 191 Å². The molecule has 1 aliphatic rings. The maximum absolute atomic E-state index is 14.4. The van der Waals surface area contributed by atoms with E-state index in [4.69, 9.17) is 20.2 Å². The van der Waals surface area contributed by atoms with E-state index in [2.05, 4.69) is 51.7 Å². The Labute approximate surface area is 420 Å². The predicted octanol–water partition coefficient (Wildman–Crippen LogP) is 8.84. The number of rotatable bonds is 34. The third kappa shape index (κ3) is 20.4. The minimum atomic E-state index is -0.638. The van der Waals surface area contributed by atoms with Gasteiger partial charge in [-0.2, -0.15) is 0 Å². The molecule has 2 amide bonds. The number of aromatic nitrogens is 1. The molecule has 8 atom stereocenters. The lowest BCUT2D eigenvalue weighted by atomic mass is 9.83. The molecule has 0 bridgehead atoms.